The molecule has 2 aromatic carbocycles. The molecule has 0 unspecified atom stereocenters. The van der Waals surface area contributed by atoms with E-state index in [1.807, 2.05) is 30.1 Å². The van der Waals surface area contributed by atoms with Crippen LogP contribution >= 0.6 is 0 Å². The van der Waals surface area contributed by atoms with Gasteiger partial charge >= 0.3 is 0 Å². The lowest BCUT2D eigenvalue weighted by Gasteiger charge is -2.08. The van der Waals surface area contributed by atoms with E-state index in [0.29, 0.717) is 6.54 Å². The largest absolute Gasteiger partial charge is 0.366 e. The van der Waals surface area contributed by atoms with E-state index in [1.165, 1.54) is 11.1 Å². The number of aromatic nitrogens is 3. The molecule has 0 aliphatic rings. The lowest BCUT2D eigenvalue weighted by molar-refractivity contribution is 0.772. The maximum atomic E-state index is 4.65. The summed E-state index contributed by atoms with van der Waals surface area (Å²) in [6.07, 6.45) is 1.84. The van der Waals surface area contributed by atoms with Gasteiger partial charge in [-0.2, -0.15) is 5.10 Å². The lowest BCUT2D eigenvalue weighted by Crippen LogP contribution is -2.05. The topological polar surface area (TPSA) is 42.7 Å². The number of anilines is 1. The molecule has 0 bridgehead atoms. The predicted octanol–water partition coefficient (Wildman–Crippen LogP) is 4.56. The minimum Gasteiger partial charge on any atom is -0.366 e. The molecule has 0 aliphatic heterocycles. The SMILES string of the molecule is Cc1ccccc1-c1cc(NCc2cccc3cccnc23)n(C)n1. The van der Waals surface area contributed by atoms with Crippen LogP contribution < -0.4 is 5.32 Å². The van der Waals surface area contributed by atoms with E-state index in [0.717, 1.165) is 28.0 Å². The van der Waals surface area contributed by atoms with Gasteiger partial charge in [-0.1, -0.05) is 48.5 Å². The zero-order chi connectivity index (χ0) is 17.2. The van der Waals surface area contributed by atoms with Crippen molar-refractivity contribution in [1.82, 2.24) is 14.8 Å². The van der Waals surface area contributed by atoms with Crippen molar-refractivity contribution in [2.75, 3.05) is 5.32 Å². The summed E-state index contributed by atoms with van der Waals surface area (Å²) in [6, 6.07) is 20.7. The van der Waals surface area contributed by atoms with Crippen LogP contribution in [0.1, 0.15) is 11.1 Å². The molecular formula is C21H20N4. The highest BCUT2D eigenvalue weighted by molar-refractivity contribution is 5.81. The minimum absolute atomic E-state index is 0.709. The monoisotopic (exact) mass is 328 g/mol. The minimum atomic E-state index is 0.709. The Morgan fingerprint density at radius 3 is 2.72 bits per heavy atom. The highest BCUT2D eigenvalue weighted by Gasteiger charge is 2.09. The Morgan fingerprint density at radius 1 is 1.00 bits per heavy atom. The Morgan fingerprint density at radius 2 is 1.84 bits per heavy atom. The number of nitrogens with zero attached hydrogens (tertiary/aromatic N) is 3. The second kappa shape index (κ2) is 6.40. The fraction of sp³-hybridized carbons (Fsp3) is 0.143. The number of fused-ring (bicyclic) bond motifs is 1. The molecule has 1 N–H and O–H groups in total. The Kier molecular flexibility index (Phi) is 3.94. The van der Waals surface area contributed by atoms with E-state index in [9.17, 15) is 0 Å². The second-order valence-corrected chi connectivity index (χ2v) is 6.20. The fourth-order valence-electron chi connectivity index (χ4n) is 3.12. The molecule has 0 spiro atoms. The van der Waals surface area contributed by atoms with E-state index in [-0.39, 0.29) is 0 Å². The van der Waals surface area contributed by atoms with E-state index in [1.54, 1.807) is 0 Å². The summed E-state index contributed by atoms with van der Waals surface area (Å²) in [5, 5.41) is 9.31. The van der Waals surface area contributed by atoms with Crippen LogP contribution in [0.5, 0.6) is 0 Å². The zero-order valence-corrected chi connectivity index (χ0v) is 14.4. The molecule has 4 rings (SSSR count). The molecule has 2 aromatic heterocycles. The summed E-state index contributed by atoms with van der Waals surface area (Å²) < 4.78 is 1.89. The number of benzene rings is 2. The molecule has 4 heteroatoms. The van der Waals surface area contributed by atoms with E-state index in [4.69, 9.17) is 0 Å². The smallest absolute Gasteiger partial charge is 0.124 e. The Bertz CT molecular complexity index is 1030. The third-order valence-electron chi connectivity index (χ3n) is 4.48. The predicted molar refractivity (Wildman–Crippen MR) is 102 cm³/mol. The van der Waals surface area contributed by atoms with Gasteiger partial charge in [0.15, 0.2) is 0 Å². The summed E-state index contributed by atoms with van der Waals surface area (Å²) in [6.45, 7) is 2.82. The molecule has 25 heavy (non-hydrogen) atoms. The standard InChI is InChI=1S/C21H20N4/c1-15-7-3-4-11-18(15)19-13-20(25(2)24-19)23-14-17-9-5-8-16-10-6-12-22-21(16)17/h3-13,23H,14H2,1-2H3. The maximum Gasteiger partial charge on any atom is 0.124 e. The molecule has 4 nitrogen and oxygen atoms in total. The van der Waals surface area contributed by atoms with Gasteiger partial charge in [0, 0.05) is 36.8 Å². The normalized spacial score (nSPS) is 11.0. The van der Waals surface area contributed by atoms with Gasteiger partial charge < -0.3 is 5.32 Å². The van der Waals surface area contributed by atoms with Gasteiger partial charge in [0.2, 0.25) is 0 Å². The Labute approximate surface area is 147 Å². The molecule has 0 atom stereocenters. The Hall–Kier alpha value is -3.14. The number of hydrogen-bond donors (Lipinski definition) is 1. The first kappa shape index (κ1) is 15.4. The number of para-hydroxylation sites is 1. The van der Waals surface area contributed by atoms with Gasteiger partial charge in [-0.3, -0.25) is 9.67 Å². The van der Waals surface area contributed by atoms with Crippen LogP contribution in [0.25, 0.3) is 22.2 Å². The summed E-state index contributed by atoms with van der Waals surface area (Å²) in [5.74, 6) is 0.992. The van der Waals surface area contributed by atoms with E-state index < -0.39 is 0 Å². The number of hydrogen-bond acceptors (Lipinski definition) is 3. The van der Waals surface area contributed by atoms with Crippen molar-refractivity contribution in [2.24, 2.45) is 7.05 Å². The van der Waals surface area contributed by atoms with Gasteiger partial charge in [-0.05, 0) is 24.1 Å². The second-order valence-electron chi connectivity index (χ2n) is 6.20. The molecule has 0 fully saturated rings. The first-order valence-corrected chi connectivity index (χ1v) is 8.39. The van der Waals surface area contributed by atoms with Crippen molar-refractivity contribution >= 4 is 16.7 Å². The number of rotatable bonds is 4. The average molecular weight is 328 g/mol. The van der Waals surface area contributed by atoms with Gasteiger partial charge in [0.25, 0.3) is 0 Å². The summed E-state index contributed by atoms with van der Waals surface area (Å²) in [4.78, 5) is 4.52. The summed E-state index contributed by atoms with van der Waals surface area (Å²) in [5.41, 5.74) is 5.60. The Balaban J connectivity index is 1.60. The molecule has 0 amide bonds. The van der Waals surface area contributed by atoms with Crippen molar-refractivity contribution in [3.05, 3.63) is 78.0 Å². The van der Waals surface area contributed by atoms with Crippen LogP contribution in [0.4, 0.5) is 5.82 Å². The quantitative estimate of drug-likeness (QED) is 0.597. The highest BCUT2D eigenvalue weighted by Crippen LogP contribution is 2.25. The number of nitrogens with one attached hydrogen (secondary N) is 1. The van der Waals surface area contributed by atoms with Crippen molar-refractivity contribution in [1.29, 1.82) is 0 Å². The van der Waals surface area contributed by atoms with Crippen LogP contribution in [-0.2, 0) is 13.6 Å². The molecule has 0 saturated heterocycles. The molecule has 0 radical (unpaired) electrons. The molecule has 0 saturated carbocycles. The van der Waals surface area contributed by atoms with Crippen LogP contribution in [0.15, 0.2) is 66.9 Å². The lowest BCUT2D eigenvalue weighted by atomic mass is 10.1. The number of aryl methyl sites for hydroxylation is 2. The van der Waals surface area contributed by atoms with Gasteiger partial charge in [-0.15, -0.1) is 0 Å². The van der Waals surface area contributed by atoms with Crippen molar-refractivity contribution < 1.29 is 0 Å². The van der Waals surface area contributed by atoms with Crippen molar-refractivity contribution in [3.8, 4) is 11.3 Å². The van der Waals surface area contributed by atoms with Gasteiger partial charge in [-0.25, -0.2) is 0 Å². The van der Waals surface area contributed by atoms with Crippen LogP contribution in [0.3, 0.4) is 0 Å². The fourth-order valence-corrected chi connectivity index (χ4v) is 3.12. The molecule has 124 valence electrons. The van der Waals surface area contributed by atoms with Crippen molar-refractivity contribution in [3.63, 3.8) is 0 Å². The van der Waals surface area contributed by atoms with Gasteiger partial charge in [0.05, 0.1) is 11.2 Å². The van der Waals surface area contributed by atoms with Crippen molar-refractivity contribution in [2.45, 2.75) is 13.5 Å². The first-order chi connectivity index (χ1) is 12.2. The third kappa shape index (κ3) is 2.98. The van der Waals surface area contributed by atoms with Crippen LogP contribution in [-0.4, -0.2) is 14.8 Å². The van der Waals surface area contributed by atoms with E-state index >= 15 is 0 Å². The molecule has 2 heterocycles. The van der Waals surface area contributed by atoms with Gasteiger partial charge in [0.1, 0.15) is 5.82 Å². The molecule has 4 aromatic rings. The average Bonchev–Trinajstić information content (AvgIpc) is 3.01. The number of pyridine rings is 1. The summed E-state index contributed by atoms with van der Waals surface area (Å²) in [7, 11) is 1.96. The van der Waals surface area contributed by atoms with Crippen LogP contribution in [0, 0.1) is 6.92 Å². The first-order valence-electron chi connectivity index (χ1n) is 8.39. The molecule has 0 aliphatic carbocycles. The maximum absolute atomic E-state index is 4.65. The molecular weight excluding hydrogens is 308 g/mol. The van der Waals surface area contributed by atoms with E-state index in [2.05, 4.69) is 70.9 Å². The zero-order valence-electron chi connectivity index (χ0n) is 14.4. The summed E-state index contributed by atoms with van der Waals surface area (Å²) >= 11 is 0. The third-order valence-corrected chi connectivity index (χ3v) is 4.48. The highest BCUT2D eigenvalue weighted by atomic mass is 15.3. The van der Waals surface area contributed by atoms with Crippen LogP contribution in [0.2, 0.25) is 0 Å².